The minimum Gasteiger partial charge on any atom is -0.342 e. The molecule has 8 heteroatoms. The maximum absolute atomic E-state index is 11.9. The summed E-state index contributed by atoms with van der Waals surface area (Å²) in [7, 11) is 1.88. The van der Waals surface area contributed by atoms with Gasteiger partial charge >= 0.3 is 0 Å². The van der Waals surface area contributed by atoms with Gasteiger partial charge in [-0.25, -0.2) is 5.84 Å². The molecule has 1 aromatic heterocycles. The number of nitrogens with zero attached hydrogens (tertiary/aromatic N) is 4. The lowest BCUT2D eigenvalue weighted by atomic mass is 10.3. The fraction of sp³-hybridized carbons (Fsp3) is 0.700. The van der Waals surface area contributed by atoms with Crippen molar-refractivity contribution in [2.24, 2.45) is 5.84 Å². The van der Waals surface area contributed by atoms with Gasteiger partial charge in [0, 0.05) is 31.2 Å². The SMILES string of the molecule is CCN(CC)C(=O)CN(C)Cc1nnsc1NN. The van der Waals surface area contributed by atoms with Crippen molar-refractivity contribution in [3.8, 4) is 0 Å². The van der Waals surface area contributed by atoms with Crippen LogP contribution in [0.3, 0.4) is 0 Å². The number of amides is 1. The molecule has 0 aliphatic heterocycles. The van der Waals surface area contributed by atoms with E-state index in [1.807, 2.05) is 25.8 Å². The first-order valence-corrected chi connectivity index (χ1v) is 6.63. The summed E-state index contributed by atoms with van der Waals surface area (Å²) in [5, 5.41) is 4.71. The van der Waals surface area contributed by atoms with Crippen molar-refractivity contribution in [3.63, 3.8) is 0 Å². The van der Waals surface area contributed by atoms with Crippen LogP contribution >= 0.6 is 11.5 Å². The van der Waals surface area contributed by atoms with E-state index >= 15 is 0 Å². The van der Waals surface area contributed by atoms with E-state index in [9.17, 15) is 4.79 Å². The van der Waals surface area contributed by atoms with Crippen LogP contribution in [0, 0.1) is 0 Å². The minimum absolute atomic E-state index is 0.118. The largest absolute Gasteiger partial charge is 0.342 e. The van der Waals surface area contributed by atoms with Gasteiger partial charge < -0.3 is 10.3 Å². The summed E-state index contributed by atoms with van der Waals surface area (Å²) in [5.41, 5.74) is 3.31. The zero-order valence-electron chi connectivity index (χ0n) is 11.0. The highest BCUT2D eigenvalue weighted by Gasteiger charge is 2.15. The molecule has 0 radical (unpaired) electrons. The summed E-state index contributed by atoms with van der Waals surface area (Å²) in [5.74, 6) is 5.47. The molecule has 0 atom stereocenters. The summed E-state index contributed by atoms with van der Waals surface area (Å²) in [6.07, 6.45) is 0. The summed E-state index contributed by atoms with van der Waals surface area (Å²) in [6.45, 7) is 6.32. The van der Waals surface area contributed by atoms with Gasteiger partial charge in [-0.1, -0.05) is 4.49 Å². The van der Waals surface area contributed by atoms with Crippen LogP contribution in [0.25, 0.3) is 0 Å². The molecular formula is C10H20N6OS. The normalized spacial score (nSPS) is 10.7. The van der Waals surface area contributed by atoms with E-state index in [1.54, 1.807) is 4.90 Å². The number of nitrogens with two attached hydrogens (primary N) is 1. The van der Waals surface area contributed by atoms with Gasteiger partial charge in [0.15, 0.2) is 0 Å². The predicted molar refractivity (Wildman–Crippen MR) is 72.0 cm³/mol. The highest BCUT2D eigenvalue weighted by molar-refractivity contribution is 7.10. The second-order valence-corrected chi connectivity index (χ2v) is 4.69. The summed E-state index contributed by atoms with van der Waals surface area (Å²) in [4.78, 5) is 15.6. The lowest BCUT2D eigenvalue weighted by Gasteiger charge is -2.22. The molecule has 18 heavy (non-hydrogen) atoms. The lowest BCUT2D eigenvalue weighted by Crippen LogP contribution is -2.38. The number of nitrogen functional groups attached to an aromatic ring is 1. The molecule has 0 saturated heterocycles. The maximum Gasteiger partial charge on any atom is 0.236 e. The Balaban J connectivity index is 2.51. The van der Waals surface area contributed by atoms with Gasteiger partial charge in [0.1, 0.15) is 10.7 Å². The summed E-state index contributed by atoms with van der Waals surface area (Å²) in [6, 6.07) is 0. The van der Waals surface area contributed by atoms with Crippen LogP contribution in [0.1, 0.15) is 19.5 Å². The third kappa shape index (κ3) is 3.90. The predicted octanol–water partition coefficient (Wildman–Crippen LogP) is 0.124. The molecule has 102 valence electrons. The van der Waals surface area contributed by atoms with Crippen molar-refractivity contribution in [2.45, 2.75) is 20.4 Å². The highest BCUT2D eigenvalue weighted by atomic mass is 32.1. The van der Waals surface area contributed by atoms with Crippen LogP contribution in [-0.4, -0.2) is 52.0 Å². The highest BCUT2D eigenvalue weighted by Crippen LogP contribution is 2.17. The smallest absolute Gasteiger partial charge is 0.236 e. The summed E-state index contributed by atoms with van der Waals surface area (Å²) >= 11 is 1.21. The van der Waals surface area contributed by atoms with E-state index in [0.717, 1.165) is 23.8 Å². The van der Waals surface area contributed by atoms with E-state index < -0.39 is 0 Å². The van der Waals surface area contributed by atoms with Crippen molar-refractivity contribution in [1.82, 2.24) is 19.4 Å². The number of aromatic nitrogens is 2. The number of hydrogen-bond acceptors (Lipinski definition) is 7. The number of hydrazine groups is 1. The zero-order valence-corrected chi connectivity index (χ0v) is 11.8. The first kappa shape index (κ1) is 14.8. The Bertz CT molecular complexity index is 378. The molecule has 0 bridgehead atoms. The molecular weight excluding hydrogens is 252 g/mol. The van der Waals surface area contributed by atoms with E-state index in [-0.39, 0.29) is 5.91 Å². The van der Waals surface area contributed by atoms with Gasteiger partial charge in [-0.2, -0.15) is 0 Å². The molecule has 0 spiro atoms. The third-order valence-corrected chi connectivity index (χ3v) is 3.33. The average Bonchev–Trinajstić information content (AvgIpc) is 2.77. The second-order valence-electron chi connectivity index (χ2n) is 3.93. The van der Waals surface area contributed by atoms with Gasteiger partial charge in [0.05, 0.1) is 6.54 Å². The molecule has 7 nitrogen and oxygen atoms in total. The zero-order chi connectivity index (χ0) is 13.5. The van der Waals surface area contributed by atoms with Crippen LogP contribution in [0.4, 0.5) is 5.00 Å². The van der Waals surface area contributed by atoms with Crippen molar-refractivity contribution in [3.05, 3.63) is 5.69 Å². The molecule has 1 aromatic rings. The molecule has 0 unspecified atom stereocenters. The van der Waals surface area contributed by atoms with Crippen LogP contribution in [0.15, 0.2) is 0 Å². The number of anilines is 1. The van der Waals surface area contributed by atoms with Crippen LogP contribution in [-0.2, 0) is 11.3 Å². The Morgan fingerprint density at radius 1 is 1.44 bits per heavy atom. The Morgan fingerprint density at radius 3 is 2.67 bits per heavy atom. The van der Waals surface area contributed by atoms with Crippen LogP contribution in [0.2, 0.25) is 0 Å². The van der Waals surface area contributed by atoms with Crippen molar-refractivity contribution in [2.75, 3.05) is 32.1 Å². The van der Waals surface area contributed by atoms with Gasteiger partial charge in [-0.05, 0) is 20.9 Å². The maximum atomic E-state index is 11.9. The van der Waals surface area contributed by atoms with Gasteiger partial charge in [-0.3, -0.25) is 9.69 Å². The Labute approximate surface area is 111 Å². The monoisotopic (exact) mass is 272 g/mol. The quantitative estimate of drug-likeness (QED) is 0.542. The van der Waals surface area contributed by atoms with Crippen molar-refractivity contribution < 1.29 is 4.79 Å². The number of carbonyl (C=O) groups is 1. The first-order chi connectivity index (χ1) is 8.62. The Hall–Kier alpha value is -1.25. The molecule has 0 aromatic carbocycles. The molecule has 0 aliphatic rings. The number of likely N-dealkylation sites (N-methyl/N-ethyl adjacent to an activating group) is 2. The van der Waals surface area contributed by atoms with Crippen LogP contribution < -0.4 is 11.3 Å². The minimum atomic E-state index is 0.118. The topological polar surface area (TPSA) is 87.4 Å². The first-order valence-electron chi connectivity index (χ1n) is 5.86. The fourth-order valence-electron chi connectivity index (χ4n) is 1.64. The third-order valence-electron chi connectivity index (χ3n) is 2.63. The standard InChI is InChI=1S/C10H20N6OS/c1-4-16(5-2)9(17)7-15(3)6-8-10(12-11)18-14-13-8/h12H,4-7,11H2,1-3H3. The fourth-order valence-corrected chi connectivity index (χ4v) is 2.12. The van der Waals surface area contributed by atoms with Gasteiger partial charge in [0.2, 0.25) is 5.91 Å². The van der Waals surface area contributed by atoms with E-state index in [2.05, 4.69) is 15.0 Å². The van der Waals surface area contributed by atoms with Crippen molar-refractivity contribution >= 4 is 22.4 Å². The number of hydrogen-bond donors (Lipinski definition) is 2. The number of carbonyl (C=O) groups excluding carboxylic acids is 1. The van der Waals surface area contributed by atoms with E-state index in [0.29, 0.717) is 13.1 Å². The van der Waals surface area contributed by atoms with E-state index in [1.165, 1.54) is 11.5 Å². The summed E-state index contributed by atoms with van der Waals surface area (Å²) < 4.78 is 3.82. The van der Waals surface area contributed by atoms with Gasteiger partial charge in [-0.15, -0.1) is 5.10 Å². The molecule has 0 saturated carbocycles. The molecule has 1 heterocycles. The lowest BCUT2D eigenvalue weighted by molar-refractivity contribution is -0.131. The van der Waals surface area contributed by atoms with Gasteiger partial charge in [0.25, 0.3) is 0 Å². The Morgan fingerprint density at radius 2 is 2.11 bits per heavy atom. The number of nitrogens with one attached hydrogen (secondary N) is 1. The van der Waals surface area contributed by atoms with Crippen LogP contribution in [0.5, 0.6) is 0 Å². The average molecular weight is 272 g/mol. The molecule has 3 N–H and O–H groups in total. The molecule has 0 fully saturated rings. The molecule has 1 amide bonds. The molecule has 1 rings (SSSR count). The van der Waals surface area contributed by atoms with E-state index in [4.69, 9.17) is 5.84 Å². The van der Waals surface area contributed by atoms with Crippen molar-refractivity contribution in [1.29, 1.82) is 0 Å². The number of rotatable bonds is 7. The molecule has 0 aliphatic carbocycles. The second kappa shape index (κ2) is 7.24. The Kier molecular flexibility index (Phi) is 5.96.